The molecule has 1 heterocycles. The zero-order valence-corrected chi connectivity index (χ0v) is 13.0. The first kappa shape index (κ1) is 16.8. The summed E-state index contributed by atoms with van der Waals surface area (Å²) >= 11 is 0. The number of piperidine rings is 1. The molecule has 1 aliphatic rings. The zero-order valence-electron chi connectivity index (χ0n) is 13.0. The predicted octanol–water partition coefficient (Wildman–Crippen LogP) is 2.81. The molecule has 0 aromatic carbocycles. The molecule has 0 radical (unpaired) electrons. The largest absolute Gasteiger partial charge is 0.481 e. The highest BCUT2D eigenvalue weighted by molar-refractivity contribution is 5.74. The van der Waals surface area contributed by atoms with Gasteiger partial charge in [0.25, 0.3) is 0 Å². The van der Waals surface area contributed by atoms with Crippen LogP contribution in [0.3, 0.4) is 0 Å². The van der Waals surface area contributed by atoms with Crippen LogP contribution in [0, 0.1) is 5.41 Å². The third-order valence-corrected chi connectivity index (χ3v) is 4.81. The maximum Gasteiger partial charge on any atom is 0.319 e. The van der Waals surface area contributed by atoms with E-state index in [4.69, 9.17) is 5.11 Å². The number of urea groups is 1. The Morgan fingerprint density at radius 3 is 2.20 bits per heavy atom. The number of hydrogen-bond donors (Lipinski definition) is 1. The fourth-order valence-electron chi connectivity index (χ4n) is 2.93. The van der Waals surface area contributed by atoms with Crippen LogP contribution >= 0.6 is 0 Å². The summed E-state index contributed by atoms with van der Waals surface area (Å²) < 4.78 is 0. The zero-order chi connectivity index (χ0) is 15.2. The quantitative estimate of drug-likeness (QED) is 0.816. The van der Waals surface area contributed by atoms with Gasteiger partial charge in [0.1, 0.15) is 0 Å². The molecule has 5 nitrogen and oxygen atoms in total. The molecule has 0 unspecified atom stereocenters. The van der Waals surface area contributed by atoms with E-state index in [1.54, 1.807) is 11.9 Å². The van der Waals surface area contributed by atoms with Gasteiger partial charge in [-0.3, -0.25) is 4.79 Å². The molecule has 1 aliphatic heterocycles. The van der Waals surface area contributed by atoms with Crippen molar-refractivity contribution in [2.75, 3.05) is 26.7 Å². The normalized spacial score (nSPS) is 17.9. The summed E-state index contributed by atoms with van der Waals surface area (Å²) in [6.07, 6.45) is 5.15. The highest BCUT2D eigenvalue weighted by atomic mass is 16.4. The Hall–Kier alpha value is -1.26. The second-order valence-electron chi connectivity index (χ2n) is 5.90. The number of carboxylic acid groups (broad SMARTS) is 1. The third-order valence-electron chi connectivity index (χ3n) is 4.81. The van der Waals surface area contributed by atoms with Crippen molar-refractivity contribution in [3.8, 4) is 0 Å². The molecule has 1 saturated heterocycles. The first-order valence-electron chi connectivity index (χ1n) is 7.66. The van der Waals surface area contributed by atoms with Gasteiger partial charge in [-0.2, -0.15) is 0 Å². The molecule has 2 amide bonds. The molecule has 0 spiro atoms. The monoisotopic (exact) mass is 284 g/mol. The van der Waals surface area contributed by atoms with E-state index in [-0.39, 0.29) is 12.5 Å². The first-order chi connectivity index (χ1) is 9.44. The average molecular weight is 284 g/mol. The topological polar surface area (TPSA) is 60.9 Å². The van der Waals surface area contributed by atoms with E-state index in [9.17, 15) is 9.59 Å². The highest BCUT2D eigenvalue weighted by Gasteiger charge is 2.33. The van der Waals surface area contributed by atoms with Gasteiger partial charge in [-0.1, -0.05) is 26.7 Å². The van der Waals surface area contributed by atoms with Crippen molar-refractivity contribution >= 4 is 12.0 Å². The van der Waals surface area contributed by atoms with Gasteiger partial charge in [-0.15, -0.1) is 0 Å². The van der Waals surface area contributed by atoms with E-state index < -0.39 is 5.97 Å². The number of carbonyl (C=O) groups excluding carboxylic acids is 1. The second-order valence-corrected chi connectivity index (χ2v) is 5.90. The van der Waals surface area contributed by atoms with Crippen molar-refractivity contribution in [3.63, 3.8) is 0 Å². The minimum atomic E-state index is -0.806. The van der Waals surface area contributed by atoms with Crippen LogP contribution in [-0.2, 0) is 4.79 Å². The summed E-state index contributed by atoms with van der Waals surface area (Å²) in [5.41, 5.74) is 0.415. The number of aliphatic carboxylic acids is 1. The lowest BCUT2D eigenvalue weighted by Crippen LogP contribution is -2.48. The van der Waals surface area contributed by atoms with Gasteiger partial charge in [0.05, 0.1) is 0 Å². The van der Waals surface area contributed by atoms with Gasteiger partial charge < -0.3 is 14.9 Å². The van der Waals surface area contributed by atoms with Crippen molar-refractivity contribution < 1.29 is 14.7 Å². The van der Waals surface area contributed by atoms with Crippen LogP contribution in [0.4, 0.5) is 4.79 Å². The van der Waals surface area contributed by atoms with Gasteiger partial charge >= 0.3 is 12.0 Å². The number of likely N-dealkylation sites (tertiary alicyclic amines) is 1. The maximum atomic E-state index is 12.3. The van der Waals surface area contributed by atoms with Crippen molar-refractivity contribution in [2.24, 2.45) is 5.41 Å². The molecule has 1 N–H and O–H groups in total. The lowest BCUT2D eigenvalue weighted by molar-refractivity contribution is -0.137. The number of amides is 2. The molecule has 0 bridgehead atoms. The first-order valence-corrected chi connectivity index (χ1v) is 7.66. The van der Waals surface area contributed by atoms with Crippen LogP contribution in [0.15, 0.2) is 0 Å². The Morgan fingerprint density at radius 2 is 1.75 bits per heavy atom. The Kier molecular flexibility index (Phi) is 6.30. The SMILES string of the molecule is CCC1(CC)CCN(C(=O)N(C)CCCC(=O)O)CC1. The van der Waals surface area contributed by atoms with Gasteiger partial charge in [0, 0.05) is 33.1 Å². The fourth-order valence-corrected chi connectivity index (χ4v) is 2.93. The summed E-state index contributed by atoms with van der Waals surface area (Å²) in [7, 11) is 1.76. The van der Waals surface area contributed by atoms with E-state index in [2.05, 4.69) is 13.8 Å². The maximum absolute atomic E-state index is 12.3. The van der Waals surface area contributed by atoms with E-state index in [1.807, 2.05) is 4.90 Å². The van der Waals surface area contributed by atoms with Crippen molar-refractivity contribution in [1.29, 1.82) is 0 Å². The van der Waals surface area contributed by atoms with Gasteiger partial charge in [0.15, 0.2) is 0 Å². The number of carbonyl (C=O) groups is 2. The summed E-state index contributed by atoms with van der Waals surface area (Å²) in [6, 6.07) is 0.0381. The predicted molar refractivity (Wildman–Crippen MR) is 78.7 cm³/mol. The fraction of sp³-hybridized carbons (Fsp3) is 0.867. The molecule has 20 heavy (non-hydrogen) atoms. The standard InChI is InChI=1S/C15H28N2O3/c1-4-15(5-2)8-11-17(12-9-15)14(20)16(3)10-6-7-13(18)19/h4-12H2,1-3H3,(H,18,19). The van der Waals surface area contributed by atoms with Crippen molar-refractivity contribution in [2.45, 2.75) is 52.4 Å². The van der Waals surface area contributed by atoms with Gasteiger partial charge in [0.2, 0.25) is 0 Å². The van der Waals surface area contributed by atoms with E-state index in [0.717, 1.165) is 25.9 Å². The van der Waals surface area contributed by atoms with Crippen LogP contribution in [0.1, 0.15) is 52.4 Å². The molecular weight excluding hydrogens is 256 g/mol. The molecule has 0 aliphatic carbocycles. The van der Waals surface area contributed by atoms with Crippen LogP contribution in [0.2, 0.25) is 0 Å². The third kappa shape index (κ3) is 4.39. The summed E-state index contributed by atoms with van der Waals surface area (Å²) in [6.45, 7) is 6.62. The minimum Gasteiger partial charge on any atom is -0.481 e. The summed E-state index contributed by atoms with van der Waals surface area (Å²) in [4.78, 5) is 26.3. The Bertz CT molecular complexity index is 330. The van der Waals surface area contributed by atoms with E-state index in [1.165, 1.54) is 12.8 Å². The summed E-state index contributed by atoms with van der Waals surface area (Å²) in [5, 5.41) is 8.61. The Morgan fingerprint density at radius 1 is 1.20 bits per heavy atom. The lowest BCUT2D eigenvalue weighted by atomic mass is 9.74. The van der Waals surface area contributed by atoms with Crippen LogP contribution < -0.4 is 0 Å². The van der Waals surface area contributed by atoms with Crippen molar-refractivity contribution in [1.82, 2.24) is 9.80 Å². The molecule has 0 atom stereocenters. The number of hydrogen-bond acceptors (Lipinski definition) is 2. The molecule has 116 valence electrons. The number of rotatable bonds is 6. The van der Waals surface area contributed by atoms with Gasteiger partial charge in [-0.05, 0) is 24.7 Å². The molecule has 0 aromatic heterocycles. The minimum absolute atomic E-state index is 0.0381. The Labute approximate surface area is 121 Å². The van der Waals surface area contributed by atoms with E-state index in [0.29, 0.717) is 18.4 Å². The Balaban J connectivity index is 2.40. The van der Waals surface area contributed by atoms with Crippen LogP contribution in [0.25, 0.3) is 0 Å². The number of nitrogens with zero attached hydrogens (tertiary/aromatic N) is 2. The molecule has 0 saturated carbocycles. The van der Waals surface area contributed by atoms with Crippen LogP contribution in [0.5, 0.6) is 0 Å². The van der Waals surface area contributed by atoms with Gasteiger partial charge in [-0.25, -0.2) is 4.79 Å². The molecule has 1 rings (SSSR count). The molecular formula is C15H28N2O3. The summed E-state index contributed by atoms with van der Waals surface area (Å²) in [5.74, 6) is -0.806. The van der Waals surface area contributed by atoms with Crippen LogP contribution in [-0.4, -0.2) is 53.6 Å². The average Bonchev–Trinajstić information content (AvgIpc) is 2.46. The number of carboxylic acids is 1. The lowest BCUT2D eigenvalue weighted by Gasteiger charge is -2.42. The molecule has 0 aromatic rings. The smallest absolute Gasteiger partial charge is 0.319 e. The molecule has 1 fully saturated rings. The second kappa shape index (κ2) is 7.50. The highest BCUT2D eigenvalue weighted by Crippen LogP contribution is 2.37. The molecule has 5 heteroatoms. The van der Waals surface area contributed by atoms with Crippen molar-refractivity contribution in [3.05, 3.63) is 0 Å². The van der Waals surface area contributed by atoms with E-state index >= 15 is 0 Å².